The van der Waals surface area contributed by atoms with Gasteiger partial charge in [-0.05, 0) is 33.2 Å². The molecule has 1 spiro atoms. The van der Waals surface area contributed by atoms with Crippen molar-refractivity contribution in [1.29, 1.82) is 0 Å². The predicted molar refractivity (Wildman–Crippen MR) is 93.8 cm³/mol. The Kier molecular flexibility index (Phi) is 7.04. The zero-order valence-corrected chi connectivity index (χ0v) is 15.6. The van der Waals surface area contributed by atoms with Gasteiger partial charge in [0.1, 0.15) is 0 Å². The third-order valence-electron chi connectivity index (χ3n) is 5.53. The molecular weight excluding hydrogens is 306 g/mol. The Morgan fingerprint density at radius 3 is 2.42 bits per heavy atom. The molecule has 0 aliphatic carbocycles. The molecule has 0 aromatic rings. The standard InChI is InChI=1S/C18H33N3O3/c1-4-6-7-16(22)21-10-8-18(9-11-21)15-20(13-12-19(18)3)14-17(23)24-5-2/h4-15H2,1-3H3. The summed E-state index contributed by atoms with van der Waals surface area (Å²) in [6.45, 7) is 9.19. The summed E-state index contributed by atoms with van der Waals surface area (Å²) in [7, 11) is 2.18. The average Bonchev–Trinajstić information content (AvgIpc) is 2.57. The SMILES string of the molecule is CCCCC(=O)N1CCC2(CC1)CN(CC(=O)OCC)CCN2C. The van der Waals surface area contributed by atoms with Gasteiger partial charge in [0.25, 0.3) is 0 Å². The highest BCUT2D eigenvalue weighted by Gasteiger charge is 2.43. The predicted octanol–water partition coefficient (Wildman–Crippen LogP) is 1.35. The highest BCUT2D eigenvalue weighted by Crippen LogP contribution is 2.31. The average molecular weight is 339 g/mol. The van der Waals surface area contributed by atoms with Gasteiger partial charge < -0.3 is 9.64 Å². The van der Waals surface area contributed by atoms with Gasteiger partial charge in [-0.3, -0.25) is 19.4 Å². The van der Waals surface area contributed by atoms with Gasteiger partial charge in [-0.1, -0.05) is 13.3 Å². The van der Waals surface area contributed by atoms with E-state index in [4.69, 9.17) is 4.74 Å². The summed E-state index contributed by atoms with van der Waals surface area (Å²) >= 11 is 0. The second-order valence-electron chi connectivity index (χ2n) is 7.15. The number of likely N-dealkylation sites (N-methyl/N-ethyl adjacent to an activating group) is 1. The van der Waals surface area contributed by atoms with Crippen molar-refractivity contribution in [3.63, 3.8) is 0 Å². The molecule has 1 amide bonds. The summed E-state index contributed by atoms with van der Waals surface area (Å²) in [5, 5.41) is 0. The molecule has 0 aromatic heterocycles. The minimum absolute atomic E-state index is 0.0896. The molecule has 0 bridgehead atoms. The molecule has 6 heteroatoms. The number of nitrogens with zero attached hydrogens (tertiary/aromatic N) is 3. The van der Waals surface area contributed by atoms with Crippen molar-refractivity contribution in [2.45, 2.75) is 51.5 Å². The van der Waals surface area contributed by atoms with Crippen LogP contribution >= 0.6 is 0 Å². The summed E-state index contributed by atoms with van der Waals surface area (Å²) in [6.07, 6.45) is 4.69. The van der Waals surface area contributed by atoms with E-state index in [1.165, 1.54) is 0 Å². The van der Waals surface area contributed by atoms with Gasteiger partial charge in [-0.15, -0.1) is 0 Å². The summed E-state index contributed by atoms with van der Waals surface area (Å²) in [6, 6.07) is 0. The molecule has 0 aromatic carbocycles. The molecule has 0 N–H and O–H groups in total. The number of likely N-dealkylation sites (tertiary alicyclic amines) is 1. The third kappa shape index (κ3) is 4.70. The van der Waals surface area contributed by atoms with Gasteiger partial charge in [0.15, 0.2) is 0 Å². The summed E-state index contributed by atoms with van der Waals surface area (Å²) in [4.78, 5) is 30.7. The monoisotopic (exact) mass is 339 g/mol. The molecule has 2 fully saturated rings. The van der Waals surface area contributed by atoms with Crippen molar-refractivity contribution in [2.75, 3.05) is 52.9 Å². The van der Waals surface area contributed by atoms with Gasteiger partial charge >= 0.3 is 5.97 Å². The maximum Gasteiger partial charge on any atom is 0.320 e. The van der Waals surface area contributed by atoms with Crippen LogP contribution in [0.4, 0.5) is 0 Å². The van der Waals surface area contributed by atoms with Crippen LogP contribution in [0, 0.1) is 0 Å². The highest BCUT2D eigenvalue weighted by molar-refractivity contribution is 5.76. The van der Waals surface area contributed by atoms with Crippen molar-refractivity contribution in [2.24, 2.45) is 0 Å². The number of unbranched alkanes of at least 4 members (excludes halogenated alkanes) is 1. The van der Waals surface area contributed by atoms with E-state index < -0.39 is 0 Å². The molecule has 0 atom stereocenters. The Balaban J connectivity index is 1.89. The molecule has 0 saturated carbocycles. The van der Waals surface area contributed by atoms with E-state index in [0.29, 0.717) is 25.5 Å². The van der Waals surface area contributed by atoms with Crippen molar-refractivity contribution in [1.82, 2.24) is 14.7 Å². The Morgan fingerprint density at radius 1 is 1.08 bits per heavy atom. The number of esters is 1. The van der Waals surface area contributed by atoms with Gasteiger partial charge in [0, 0.05) is 44.7 Å². The first kappa shape index (κ1) is 19.2. The van der Waals surface area contributed by atoms with Crippen molar-refractivity contribution in [3.8, 4) is 0 Å². The maximum absolute atomic E-state index is 12.2. The van der Waals surface area contributed by atoms with Gasteiger partial charge in [-0.25, -0.2) is 0 Å². The molecule has 2 saturated heterocycles. The smallest absolute Gasteiger partial charge is 0.320 e. The first-order chi connectivity index (χ1) is 11.5. The molecule has 2 aliphatic heterocycles. The molecule has 138 valence electrons. The topological polar surface area (TPSA) is 53.1 Å². The van der Waals surface area contributed by atoms with E-state index in [0.717, 1.165) is 58.4 Å². The number of amides is 1. The molecule has 0 unspecified atom stereocenters. The molecule has 0 radical (unpaired) electrons. The van der Waals surface area contributed by atoms with Gasteiger partial charge in [0.05, 0.1) is 13.2 Å². The lowest BCUT2D eigenvalue weighted by Gasteiger charge is -2.53. The number of carbonyl (C=O) groups is 2. The van der Waals surface area contributed by atoms with Crippen LogP contribution in [-0.4, -0.2) is 85.0 Å². The number of ether oxygens (including phenoxy) is 1. The van der Waals surface area contributed by atoms with E-state index in [1.54, 1.807) is 0 Å². The minimum atomic E-state index is -0.135. The van der Waals surface area contributed by atoms with Crippen LogP contribution in [0.25, 0.3) is 0 Å². The van der Waals surface area contributed by atoms with Crippen LogP contribution in [0.2, 0.25) is 0 Å². The summed E-state index contributed by atoms with van der Waals surface area (Å²) in [5.74, 6) is 0.165. The van der Waals surface area contributed by atoms with E-state index in [1.807, 2.05) is 11.8 Å². The van der Waals surface area contributed by atoms with Crippen LogP contribution < -0.4 is 0 Å². The first-order valence-corrected chi connectivity index (χ1v) is 9.37. The summed E-state index contributed by atoms with van der Waals surface area (Å²) in [5.41, 5.74) is 0.0896. The fraction of sp³-hybridized carbons (Fsp3) is 0.889. The zero-order valence-electron chi connectivity index (χ0n) is 15.6. The quantitative estimate of drug-likeness (QED) is 0.684. The van der Waals surface area contributed by atoms with Crippen molar-refractivity contribution < 1.29 is 14.3 Å². The Morgan fingerprint density at radius 2 is 1.79 bits per heavy atom. The van der Waals surface area contributed by atoms with Crippen LogP contribution in [0.3, 0.4) is 0 Å². The van der Waals surface area contributed by atoms with E-state index in [2.05, 4.69) is 23.8 Å². The third-order valence-corrected chi connectivity index (χ3v) is 5.53. The second kappa shape index (κ2) is 8.81. The van der Waals surface area contributed by atoms with Crippen LogP contribution in [0.5, 0.6) is 0 Å². The van der Waals surface area contributed by atoms with Crippen molar-refractivity contribution >= 4 is 11.9 Å². The molecule has 2 heterocycles. The lowest BCUT2D eigenvalue weighted by atomic mass is 9.83. The fourth-order valence-corrected chi connectivity index (χ4v) is 3.87. The van der Waals surface area contributed by atoms with E-state index in [9.17, 15) is 9.59 Å². The molecule has 24 heavy (non-hydrogen) atoms. The number of hydrogen-bond donors (Lipinski definition) is 0. The first-order valence-electron chi connectivity index (χ1n) is 9.37. The maximum atomic E-state index is 12.2. The molecule has 2 rings (SSSR count). The van der Waals surface area contributed by atoms with Gasteiger partial charge in [-0.2, -0.15) is 0 Å². The number of hydrogen-bond acceptors (Lipinski definition) is 5. The number of piperazine rings is 1. The largest absolute Gasteiger partial charge is 0.465 e. The molecule has 6 nitrogen and oxygen atoms in total. The van der Waals surface area contributed by atoms with E-state index >= 15 is 0 Å². The second-order valence-corrected chi connectivity index (χ2v) is 7.15. The molecular formula is C18H33N3O3. The van der Waals surface area contributed by atoms with Crippen molar-refractivity contribution in [3.05, 3.63) is 0 Å². The van der Waals surface area contributed by atoms with Crippen LogP contribution in [-0.2, 0) is 14.3 Å². The Bertz CT molecular complexity index is 433. The lowest BCUT2D eigenvalue weighted by molar-refractivity contribution is -0.146. The summed E-state index contributed by atoms with van der Waals surface area (Å²) < 4.78 is 5.09. The normalized spacial score (nSPS) is 21.9. The highest BCUT2D eigenvalue weighted by atomic mass is 16.5. The minimum Gasteiger partial charge on any atom is -0.465 e. The zero-order chi connectivity index (χ0) is 17.6. The molecule has 2 aliphatic rings. The lowest BCUT2D eigenvalue weighted by Crippen LogP contribution is -2.65. The van der Waals surface area contributed by atoms with Crippen LogP contribution in [0.15, 0.2) is 0 Å². The number of rotatable bonds is 6. The Labute approximate surface area is 146 Å². The fourth-order valence-electron chi connectivity index (χ4n) is 3.87. The number of carbonyl (C=O) groups excluding carboxylic acids is 2. The number of piperidine rings is 1. The van der Waals surface area contributed by atoms with Gasteiger partial charge in [0.2, 0.25) is 5.91 Å². The van der Waals surface area contributed by atoms with Crippen LogP contribution in [0.1, 0.15) is 46.0 Å². The van der Waals surface area contributed by atoms with E-state index in [-0.39, 0.29) is 11.5 Å². The Hall–Kier alpha value is -1.14.